The molecule has 0 bridgehead atoms. The number of carbonyl (C=O) groups is 2. The number of hydrogen-bond acceptors (Lipinski definition) is 5. The van der Waals surface area contributed by atoms with Gasteiger partial charge in [0.2, 0.25) is 0 Å². The smallest absolute Gasteiger partial charge is 0.315 e. The molecule has 2 aromatic rings. The lowest BCUT2D eigenvalue weighted by molar-refractivity contribution is 0.0911. The molecular formula is C23H32N4O3S. The number of benzene rings is 1. The molecule has 0 spiro atoms. The number of hydrogen-bond donors (Lipinski definition) is 3. The maximum atomic E-state index is 12.7. The Bertz CT molecular complexity index is 866. The van der Waals surface area contributed by atoms with E-state index in [0.29, 0.717) is 24.8 Å². The molecule has 1 aromatic carbocycles. The molecule has 1 aromatic heterocycles. The minimum Gasteiger partial charge on any atom is -0.486 e. The fourth-order valence-electron chi connectivity index (χ4n) is 3.67. The molecule has 3 N–H and O–H groups in total. The van der Waals surface area contributed by atoms with E-state index in [-0.39, 0.29) is 24.0 Å². The van der Waals surface area contributed by atoms with E-state index in [1.54, 1.807) is 5.38 Å². The molecule has 7 nitrogen and oxygen atoms in total. The highest BCUT2D eigenvalue weighted by Crippen LogP contribution is 2.21. The normalized spacial score (nSPS) is 18.5. The van der Waals surface area contributed by atoms with Crippen LogP contribution in [0.15, 0.2) is 29.6 Å². The fourth-order valence-corrected chi connectivity index (χ4v) is 4.36. The first-order valence-electron chi connectivity index (χ1n) is 11.0. The van der Waals surface area contributed by atoms with Crippen molar-refractivity contribution in [3.8, 4) is 5.75 Å². The van der Waals surface area contributed by atoms with Gasteiger partial charge in [-0.2, -0.15) is 0 Å². The van der Waals surface area contributed by atoms with Gasteiger partial charge in [-0.1, -0.05) is 38.8 Å². The lowest BCUT2D eigenvalue weighted by atomic mass is 9.90. The van der Waals surface area contributed by atoms with Crippen LogP contribution in [-0.4, -0.2) is 35.6 Å². The molecule has 168 valence electrons. The molecule has 0 unspecified atom stereocenters. The lowest BCUT2D eigenvalue weighted by Crippen LogP contribution is -2.55. The van der Waals surface area contributed by atoms with E-state index in [1.165, 1.54) is 16.9 Å². The van der Waals surface area contributed by atoms with Crippen LogP contribution in [0.3, 0.4) is 0 Å². The highest BCUT2D eigenvalue weighted by molar-refractivity contribution is 7.09. The van der Waals surface area contributed by atoms with Gasteiger partial charge in [0.15, 0.2) is 0 Å². The molecule has 2 atom stereocenters. The molecule has 1 fully saturated rings. The van der Waals surface area contributed by atoms with Gasteiger partial charge < -0.3 is 20.7 Å². The molecule has 1 aliphatic carbocycles. The van der Waals surface area contributed by atoms with Crippen molar-refractivity contribution in [3.63, 3.8) is 0 Å². The average molecular weight is 445 g/mol. The van der Waals surface area contributed by atoms with Crippen molar-refractivity contribution >= 4 is 23.3 Å². The van der Waals surface area contributed by atoms with Crippen molar-refractivity contribution in [2.75, 3.05) is 6.54 Å². The number of ether oxygens (including phenoxy) is 1. The maximum absolute atomic E-state index is 12.7. The third-order valence-corrected chi connectivity index (χ3v) is 6.25. The SMILES string of the molecule is CCNC(=O)N[C@@H]1CCCC[C@@H]1NC(=O)c1csc(COc2ccc(C(C)C)cc2)n1. The van der Waals surface area contributed by atoms with E-state index in [0.717, 1.165) is 36.4 Å². The van der Waals surface area contributed by atoms with E-state index in [1.807, 2.05) is 19.1 Å². The van der Waals surface area contributed by atoms with Gasteiger partial charge in [0, 0.05) is 18.0 Å². The Morgan fingerprint density at radius 3 is 2.45 bits per heavy atom. The second kappa shape index (κ2) is 11.1. The summed E-state index contributed by atoms with van der Waals surface area (Å²) in [6, 6.07) is 7.70. The Labute approximate surface area is 188 Å². The first kappa shape index (κ1) is 23.1. The summed E-state index contributed by atoms with van der Waals surface area (Å²) in [6.45, 7) is 7.09. The lowest BCUT2D eigenvalue weighted by Gasteiger charge is -2.32. The van der Waals surface area contributed by atoms with Crippen LogP contribution < -0.4 is 20.7 Å². The summed E-state index contributed by atoms with van der Waals surface area (Å²) in [5, 5.41) is 11.3. The van der Waals surface area contributed by atoms with Crippen molar-refractivity contribution < 1.29 is 14.3 Å². The van der Waals surface area contributed by atoms with Gasteiger partial charge in [0.25, 0.3) is 5.91 Å². The molecule has 1 aliphatic rings. The first-order valence-corrected chi connectivity index (χ1v) is 11.9. The second-order valence-electron chi connectivity index (χ2n) is 8.11. The molecule has 1 saturated carbocycles. The maximum Gasteiger partial charge on any atom is 0.315 e. The number of urea groups is 1. The molecule has 3 amide bonds. The highest BCUT2D eigenvalue weighted by atomic mass is 32.1. The molecule has 3 rings (SSSR count). The van der Waals surface area contributed by atoms with Crippen molar-refractivity contribution in [2.24, 2.45) is 0 Å². The molecular weight excluding hydrogens is 412 g/mol. The average Bonchev–Trinajstić information content (AvgIpc) is 3.23. The molecule has 0 saturated heterocycles. The molecule has 0 aliphatic heterocycles. The third-order valence-electron chi connectivity index (χ3n) is 5.43. The van der Waals surface area contributed by atoms with Crippen LogP contribution in [0.5, 0.6) is 5.75 Å². The third kappa shape index (κ3) is 6.69. The van der Waals surface area contributed by atoms with Gasteiger partial charge in [0.1, 0.15) is 23.1 Å². The standard InChI is InChI=1S/C23H32N4O3S/c1-4-24-23(29)27-19-8-6-5-7-18(19)26-22(28)20-14-31-21(25-20)13-30-17-11-9-16(10-12-17)15(2)3/h9-12,14-15,18-19H,4-8,13H2,1-3H3,(H,26,28)(H2,24,27,29)/t18-,19+/m0/s1. The quantitative estimate of drug-likeness (QED) is 0.569. The Morgan fingerprint density at radius 2 is 1.81 bits per heavy atom. The van der Waals surface area contributed by atoms with Crippen LogP contribution in [-0.2, 0) is 6.61 Å². The zero-order valence-electron chi connectivity index (χ0n) is 18.4. The van der Waals surface area contributed by atoms with E-state index in [4.69, 9.17) is 4.74 Å². The Balaban J connectivity index is 1.53. The van der Waals surface area contributed by atoms with Crippen LogP contribution in [0.1, 0.15) is 73.4 Å². The summed E-state index contributed by atoms with van der Waals surface area (Å²) in [7, 11) is 0. The van der Waals surface area contributed by atoms with Gasteiger partial charge in [-0.05, 0) is 43.4 Å². The van der Waals surface area contributed by atoms with Gasteiger partial charge in [0.05, 0.1) is 6.04 Å². The fraction of sp³-hybridized carbons (Fsp3) is 0.522. The largest absolute Gasteiger partial charge is 0.486 e. The van der Waals surface area contributed by atoms with Crippen LogP contribution in [0.4, 0.5) is 4.79 Å². The Morgan fingerprint density at radius 1 is 1.13 bits per heavy atom. The van der Waals surface area contributed by atoms with E-state index >= 15 is 0 Å². The van der Waals surface area contributed by atoms with E-state index < -0.39 is 0 Å². The molecule has 8 heteroatoms. The zero-order chi connectivity index (χ0) is 22.2. The van der Waals surface area contributed by atoms with Gasteiger partial charge >= 0.3 is 6.03 Å². The summed E-state index contributed by atoms with van der Waals surface area (Å²) in [4.78, 5) is 29.1. The van der Waals surface area contributed by atoms with E-state index in [9.17, 15) is 9.59 Å². The van der Waals surface area contributed by atoms with Crippen molar-refractivity contribution in [2.45, 2.75) is 71.1 Å². The second-order valence-corrected chi connectivity index (χ2v) is 9.06. The van der Waals surface area contributed by atoms with Crippen LogP contribution in [0, 0.1) is 0 Å². The van der Waals surface area contributed by atoms with Gasteiger partial charge in [-0.25, -0.2) is 9.78 Å². The number of amides is 3. The van der Waals surface area contributed by atoms with Crippen LogP contribution >= 0.6 is 11.3 Å². The first-order chi connectivity index (χ1) is 15.0. The monoisotopic (exact) mass is 444 g/mol. The van der Waals surface area contributed by atoms with Crippen LogP contribution in [0.25, 0.3) is 0 Å². The van der Waals surface area contributed by atoms with E-state index in [2.05, 4.69) is 46.9 Å². The van der Waals surface area contributed by atoms with Crippen molar-refractivity contribution in [1.82, 2.24) is 20.9 Å². The molecule has 0 radical (unpaired) electrons. The highest BCUT2D eigenvalue weighted by Gasteiger charge is 2.28. The number of thiazole rings is 1. The molecule has 31 heavy (non-hydrogen) atoms. The zero-order valence-corrected chi connectivity index (χ0v) is 19.3. The van der Waals surface area contributed by atoms with Crippen LogP contribution in [0.2, 0.25) is 0 Å². The minimum absolute atomic E-state index is 0.0699. The number of rotatable bonds is 8. The molecule has 1 heterocycles. The number of nitrogens with one attached hydrogen (secondary N) is 3. The van der Waals surface area contributed by atoms with Gasteiger partial charge in [-0.15, -0.1) is 11.3 Å². The van der Waals surface area contributed by atoms with Crippen molar-refractivity contribution in [1.29, 1.82) is 0 Å². The summed E-state index contributed by atoms with van der Waals surface area (Å²) in [5.41, 5.74) is 1.66. The Hall–Kier alpha value is -2.61. The summed E-state index contributed by atoms with van der Waals surface area (Å²) < 4.78 is 5.82. The number of aromatic nitrogens is 1. The summed E-state index contributed by atoms with van der Waals surface area (Å²) in [6.07, 6.45) is 3.77. The number of nitrogens with zero attached hydrogens (tertiary/aromatic N) is 1. The number of carbonyl (C=O) groups excluding carboxylic acids is 2. The topological polar surface area (TPSA) is 92.4 Å². The predicted molar refractivity (Wildman–Crippen MR) is 123 cm³/mol. The Kier molecular flexibility index (Phi) is 8.28. The minimum atomic E-state index is -0.210. The predicted octanol–water partition coefficient (Wildman–Crippen LogP) is 4.21. The van der Waals surface area contributed by atoms with Crippen molar-refractivity contribution in [3.05, 3.63) is 45.9 Å². The summed E-state index contributed by atoms with van der Waals surface area (Å²) >= 11 is 1.41. The summed E-state index contributed by atoms with van der Waals surface area (Å²) in [5.74, 6) is 1.06. The van der Waals surface area contributed by atoms with Gasteiger partial charge in [-0.3, -0.25) is 4.79 Å².